The van der Waals surface area contributed by atoms with Crippen LogP contribution < -0.4 is 10.0 Å². The SMILES string of the molecule is CC(OC(=O)c1ccc2nc(-c3ccccc3)[nH]c2c1)C(=O)Nc1ccc(S(=O)(=O)Nc2ncccn2)cc1. The largest absolute Gasteiger partial charge is 0.449 e. The molecule has 5 aromatic rings. The molecule has 3 aromatic carbocycles. The molecule has 2 aromatic heterocycles. The molecule has 11 nitrogen and oxygen atoms in total. The first-order chi connectivity index (χ1) is 18.8. The van der Waals surface area contributed by atoms with Crippen LogP contribution >= 0.6 is 0 Å². The van der Waals surface area contributed by atoms with E-state index in [1.807, 2.05) is 30.3 Å². The van der Waals surface area contributed by atoms with Crippen LogP contribution in [0.2, 0.25) is 0 Å². The highest BCUT2D eigenvalue weighted by Gasteiger charge is 2.21. The number of nitrogens with zero attached hydrogens (tertiary/aromatic N) is 3. The van der Waals surface area contributed by atoms with E-state index in [2.05, 4.69) is 30.0 Å². The lowest BCUT2D eigenvalue weighted by atomic mass is 10.2. The number of aromatic amines is 1. The molecule has 0 radical (unpaired) electrons. The minimum Gasteiger partial charge on any atom is -0.449 e. The van der Waals surface area contributed by atoms with Crippen LogP contribution in [0.3, 0.4) is 0 Å². The summed E-state index contributed by atoms with van der Waals surface area (Å²) in [5.74, 6) is -0.643. The third-order valence-corrected chi connectivity index (χ3v) is 6.99. The fourth-order valence-electron chi connectivity index (χ4n) is 3.64. The van der Waals surface area contributed by atoms with Crippen LogP contribution in [0.5, 0.6) is 0 Å². The van der Waals surface area contributed by atoms with Crippen molar-refractivity contribution in [2.24, 2.45) is 0 Å². The van der Waals surface area contributed by atoms with Crippen molar-refractivity contribution in [1.82, 2.24) is 19.9 Å². The van der Waals surface area contributed by atoms with Gasteiger partial charge in [-0.15, -0.1) is 0 Å². The molecule has 0 spiro atoms. The van der Waals surface area contributed by atoms with Gasteiger partial charge in [0.2, 0.25) is 5.95 Å². The zero-order valence-electron chi connectivity index (χ0n) is 20.5. The average Bonchev–Trinajstić information content (AvgIpc) is 3.38. The fourth-order valence-corrected chi connectivity index (χ4v) is 4.60. The Bertz CT molecular complexity index is 1740. The highest BCUT2D eigenvalue weighted by atomic mass is 32.2. The lowest BCUT2D eigenvalue weighted by Crippen LogP contribution is -2.30. The summed E-state index contributed by atoms with van der Waals surface area (Å²) in [5, 5.41) is 2.61. The number of hydrogen-bond acceptors (Lipinski definition) is 8. The van der Waals surface area contributed by atoms with Crippen LogP contribution in [-0.2, 0) is 19.6 Å². The van der Waals surface area contributed by atoms with Gasteiger partial charge >= 0.3 is 5.97 Å². The second-order valence-corrected chi connectivity index (χ2v) is 10.1. The van der Waals surface area contributed by atoms with E-state index in [0.717, 1.165) is 5.56 Å². The van der Waals surface area contributed by atoms with Gasteiger partial charge in [0.05, 0.1) is 21.5 Å². The van der Waals surface area contributed by atoms with Crippen molar-refractivity contribution in [2.45, 2.75) is 17.9 Å². The quantitative estimate of drug-likeness (QED) is 0.248. The van der Waals surface area contributed by atoms with E-state index >= 15 is 0 Å². The van der Waals surface area contributed by atoms with Gasteiger partial charge in [0.1, 0.15) is 5.82 Å². The number of rotatable bonds is 8. The molecule has 0 aliphatic carbocycles. The van der Waals surface area contributed by atoms with E-state index in [-0.39, 0.29) is 16.4 Å². The summed E-state index contributed by atoms with van der Waals surface area (Å²) in [7, 11) is -3.92. The molecular weight excluding hydrogens is 520 g/mol. The van der Waals surface area contributed by atoms with Crippen LogP contribution in [0, 0.1) is 0 Å². The zero-order valence-corrected chi connectivity index (χ0v) is 21.3. The molecule has 1 unspecified atom stereocenters. The molecule has 0 saturated heterocycles. The van der Waals surface area contributed by atoms with Crippen molar-refractivity contribution >= 4 is 44.6 Å². The number of aromatic nitrogens is 4. The molecule has 5 rings (SSSR count). The van der Waals surface area contributed by atoms with Crippen LogP contribution in [-0.4, -0.2) is 46.3 Å². The summed E-state index contributed by atoms with van der Waals surface area (Å²) >= 11 is 0. The number of esters is 1. The van der Waals surface area contributed by atoms with Gasteiger partial charge in [-0.05, 0) is 55.5 Å². The second kappa shape index (κ2) is 10.7. The van der Waals surface area contributed by atoms with Crippen molar-refractivity contribution in [3.05, 3.63) is 96.8 Å². The standard InChI is InChI=1S/C27H22N6O5S/c1-17(25(34)30-20-9-11-21(12-10-20)39(36,37)33-27-28-14-5-15-29-27)38-26(35)19-8-13-22-23(16-19)32-24(31-22)18-6-3-2-4-7-18/h2-17H,1H3,(H,30,34)(H,31,32)(H,28,29,33). The van der Waals surface area contributed by atoms with E-state index in [1.165, 1.54) is 43.6 Å². The van der Waals surface area contributed by atoms with Gasteiger partial charge in [0.25, 0.3) is 15.9 Å². The molecule has 12 heteroatoms. The summed E-state index contributed by atoms with van der Waals surface area (Å²) in [4.78, 5) is 40.7. The number of anilines is 2. The molecule has 0 bridgehead atoms. The number of sulfonamides is 1. The van der Waals surface area contributed by atoms with Crippen molar-refractivity contribution in [2.75, 3.05) is 10.0 Å². The second-order valence-electron chi connectivity index (χ2n) is 8.42. The van der Waals surface area contributed by atoms with Gasteiger partial charge in [0, 0.05) is 23.6 Å². The van der Waals surface area contributed by atoms with Gasteiger partial charge in [-0.1, -0.05) is 30.3 Å². The van der Waals surface area contributed by atoms with Crippen molar-refractivity contribution < 1.29 is 22.7 Å². The molecule has 0 saturated carbocycles. The minimum atomic E-state index is -3.92. The zero-order chi connectivity index (χ0) is 27.4. The van der Waals surface area contributed by atoms with Gasteiger partial charge in [0.15, 0.2) is 6.10 Å². The monoisotopic (exact) mass is 542 g/mol. The van der Waals surface area contributed by atoms with Crippen molar-refractivity contribution in [1.29, 1.82) is 0 Å². The van der Waals surface area contributed by atoms with Gasteiger partial charge in [-0.3, -0.25) is 4.79 Å². The Morgan fingerprint density at radius 2 is 1.64 bits per heavy atom. The molecule has 2 heterocycles. The molecule has 196 valence electrons. The van der Waals surface area contributed by atoms with E-state index < -0.39 is 28.0 Å². The third-order valence-electron chi connectivity index (χ3n) is 5.64. The third kappa shape index (κ3) is 5.91. The maximum Gasteiger partial charge on any atom is 0.338 e. The molecule has 1 atom stereocenters. The van der Waals surface area contributed by atoms with Crippen LogP contribution in [0.25, 0.3) is 22.4 Å². The summed E-state index contributed by atoms with van der Waals surface area (Å²) in [6.45, 7) is 1.44. The van der Waals surface area contributed by atoms with Crippen molar-refractivity contribution in [3.8, 4) is 11.4 Å². The highest BCUT2D eigenvalue weighted by molar-refractivity contribution is 7.92. The normalized spacial score (nSPS) is 12.0. The lowest BCUT2D eigenvalue weighted by Gasteiger charge is -2.14. The maximum absolute atomic E-state index is 12.7. The fraction of sp³-hybridized carbons (Fsp3) is 0.0741. The molecule has 39 heavy (non-hydrogen) atoms. The van der Waals surface area contributed by atoms with E-state index in [4.69, 9.17) is 4.74 Å². The molecule has 0 aliphatic heterocycles. The summed E-state index contributed by atoms with van der Waals surface area (Å²) in [5.41, 5.74) is 2.84. The average molecular weight is 543 g/mol. The Morgan fingerprint density at radius 3 is 2.36 bits per heavy atom. The van der Waals surface area contributed by atoms with E-state index in [9.17, 15) is 18.0 Å². The highest BCUT2D eigenvalue weighted by Crippen LogP contribution is 2.22. The number of carbonyl (C=O) groups is 2. The predicted molar refractivity (Wildman–Crippen MR) is 144 cm³/mol. The number of fused-ring (bicyclic) bond motifs is 1. The van der Waals surface area contributed by atoms with Crippen LogP contribution in [0.1, 0.15) is 17.3 Å². The molecular formula is C27H22N6O5S. The molecule has 0 aliphatic rings. The number of imidazole rings is 1. The molecule has 0 fully saturated rings. The number of ether oxygens (including phenoxy) is 1. The Hall–Kier alpha value is -5.10. The van der Waals surface area contributed by atoms with Crippen LogP contribution in [0.4, 0.5) is 11.6 Å². The predicted octanol–water partition coefficient (Wildman–Crippen LogP) is 4.00. The van der Waals surface area contributed by atoms with Gasteiger partial charge in [-0.25, -0.2) is 32.9 Å². The number of benzene rings is 3. The number of carbonyl (C=O) groups excluding carboxylic acids is 2. The van der Waals surface area contributed by atoms with Gasteiger partial charge < -0.3 is 15.0 Å². The number of hydrogen-bond donors (Lipinski definition) is 3. The minimum absolute atomic E-state index is 0.0444. The molecule has 3 N–H and O–H groups in total. The molecule has 1 amide bonds. The summed E-state index contributed by atoms with van der Waals surface area (Å²) in [6, 6.07) is 21.5. The van der Waals surface area contributed by atoms with Crippen LogP contribution in [0.15, 0.2) is 96.2 Å². The van der Waals surface area contributed by atoms with Gasteiger partial charge in [-0.2, -0.15) is 0 Å². The van der Waals surface area contributed by atoms with Crippen molar-refractivity contribution in [3.63, 3.8) is 0 Å². The summed E-state index contributed by atoms with van der Waals surface area (Å²) in [6.07, 6.45) is 1.71. The Balaban J connectivity index is 1.21. The van der Waals surface area contributed by atoms with E-state index in [0.29, 0.717) is 22.5 Å². The van der Waals surface area contributed by atoms with E-state index in [1.54, 1.807) is 24.3 Å². The first kappa shape index (κ1) is 25.5. The number of H-pyrrole nitrogens is 1. The first-order valence-electron chi connectivity index (χ1n) is 11.8. The lowest BCUT2D eigenvalue weighted by molar-refractivity contribution is -0.123. The smallest absolute Gasteiger partial charge is 0.338 e. The Morgan fingerprint density at radius 1 is 0.923 bits per heavy atom. The Kier molecular flexibility index (Phi) is 7.02. The number of amides is 1. The first-order valence-corrected chi connectivity index (χ1v) is 13.2. The number of nitrogens with one attached hydrogen (secondary N) is 3. The Labute approximate surface area is 223 Å². The maximum atomic E-state index is 12.7. The topological polar surface area (TPSA) is 156 Å². The summed E-state index contributed by atoms with van der Waals surface area (Å²) < 4.78 is 32.6.